The van der Waals surface area contributed by atoms with Gasteiger partial charge in [0.15, 0.2) is 0 Å². The van der Waals surface area contributed by atoms with Crippen molar-refractivity contribution in [1.82, 2.24) is 0 Å². The lowest BCUT2D eigenvalue weighted by Gasteiger charge is -2.08. The molecule has 0 unspecified atom stereocenters. The summed E-state index contributed by atoms with van der Waals surface area (Å²) in [6.07, 6.45) is 0.205. The first-order valence-corrected chi connectivity index (χ1v) is 4.66. The number of benzene rings is 1. The van der Waals surface area contributed by atoms with Crippen molar-refractivity contribution in [2.75, 3.05) is 13.7 Å². The zero-order chi connectivity index (χ0) is 11.1. The van der Waals surface area contributed by atoms with E-state index in [1.807, 2.05) is 12.1 Å². The van der Waals surface area contributed by atoms with Gasteiger partial charge in [-0.1, -0.05) is 18.2 Å². The molecule has 0 saturated heterocycles. The fraction of sp³-hybridized carbons (Fsp3) is 0.364. The van der Waals surface area contributed by atoms with E-state index in [0.717, 1.165) is 0 Å². The van der Waals surface area contributed by atoms with Gasteiger partial charge in [0.25, 0.3) is 0 Å². The fourth-order valence-electron chi connectivity index (χ4n) is 1.12. The summed E-state index contributed by atoms with van der Waals surface area (Å²) in [7, 11) is 1.34. The summed E-state index contributed by atoms with van der Waals surface area (Å²) in [5, 5.41) is 9.00. The van der Waals surface area contributed by atoms with Gasteiger partial charge in [-0.15, -0.1) is 0 Å². The highest BCUT2D eigenvalue weighted by Gasteiger charge is 2.03. The molecule has 1 aromatic carbocycles. The normalized spacial score (nSPS) is 9.73. The third-order valence-corrected chi connectivity index (χ3v) is 1.93. The minimum Gasteiger partial charge on any atom is -0.493 e. The summed E-state index contributed by atoms with van der Waals surface area (Å²) in [4.78, 5) is 10.8. The Morgan fingerprint density at radius 3 is 2.80 bits per heavy atom. The van der Waals surface area contributed by atoms with Crippen LogP contribution >= 0.6 is 0 Å². The number of rotatable bonds is 5. The number of hydrogen-bond acceptors (Lipinski definition) is 4. The SMILES string of the molecule is COC(=O)CCOc1ccccc1CO. The van der Waals surface area contributed by atoms with Gasteiger partial charge in [-0.05, 0) is 6.07 Å². The summed E-state index contributed by atoms with van der Waals surface area (Å²) in [6, 6.07) is 7.15. The molecule has 15 heavy (non-hydrogen) atoms. The standard InChI is InChI=1S/C11H14O4/c1-14-11(13)6-7-15-10-5-3-2-4-9(10)8-12/h2-5,12H,6-8H2,1H3. The highest BCUT2D eigenvalue weighted by atomic mass is 16.5. The van der Waals surface area contributed by atoms with Crippen LogP contribution in [0.1, 0.15) is 12.0 Å². The van der Waals surface area contributed by atoms with Gasteiger partial charge in [0.2, 0.25) is 0 Å². The molecule has 0 heterocycles. The predicted octanol–water partition coefficient (Wildman–Crippen LogP) is 1.12. The van der Waals surface area contributed by atoms with Gasteiger partial charge in [-0.25, -0.2) is 0 Å². The molecule has 4 nitrogen and oxygen atoms in total. The van der Waals surface area contributed by atoms with Crippen LogP contribution in [0.4, 0.5) is 0 Å². The fourth-order valence-corrected chi connectivity index (χ4v) is 1.12. The van der Waals surface area contributed by atoms with E-state index in [0.29, 0.717) is 11.3 Å². The average molecular weight is 210 g/mol. The molecule has 0 aromatic heterocycles. The van der Waals surface area contributed by atoms with Crippen LogP contribution in [0.3, 0.4) is 0 Å². The molecule has 4 heteroatoms. The lowest BCUT2D eigenvalue weighted by molar-refractivity contribution is -0.141. The largest absolute Gasteiger partial charge is 0.493 e. The Hall–Kier alpha value is -1.55. The molecule has 1 aromatic rings. The van der Waals surface area contributed by atoms with Gasteiger partial charge in [0.1, 0.15) is 5.75 Å². The quantitative estimate of drug-likeness (QED) is 0.740. The molecule has 0 saturated carbocycles. The Morgan fingerprint density at radius 1 is 1.40 bits per heavy atom. The van der Waals surface area contributed by atoms with E-state index in [4.69, 9.17) is 9.84 Å². The van der Waals surface area contributed by atoms with Gasteiger partial charge in [0.05, 0.1) is 26.7 Å². The molecule has 0 aliphatic carbocycles. The van der Waals surface area contributed by atoms with Crippen molar-refractivity contribution in [1.29, 1.82) is 0 Å². The maximum Gasteiger partial charge on any atom is 0.308 e. The Morgan fingerprint density at radius 2 is 2.13 bits per heavy atom. The predicted molar refractivity (Wildman–Crippen MR) is 54.5 cm³/mol. The van der Waals surface area contributed by atoms with Crippen LogP contribution in [0.25, 0.3) is 0 Å². The minimum atomic E-state index is -0.309. The van der Waals surface area contributed by atoms with E-state index < -0.39 is 0 Å². The average Bonchev–Trinajstić information content (AvgIpc) is 2.29. The van der Waals surface area contributed by atoms with Crippen molar-refractivity contribution >= 4 is 5.97 Å². The third-order valence-electron chi connectivity index (χ3n) is 1.93. The van der Waals surface area contributed by atoms with Crippen LogP contribution in [-0.4, -0.2) is 24.8 Å². The van der Waals surface area contributed by atoms with E-state index in [1.165, 1.54) is 7.11 Å². The van der Waals surface area contributed by atoms with Gasteiger partial charge in [0, 0.05) is 5.56 Å². The first-order chi connectivity index (χ1) is 7.27. The maximum atomic E-state index is 10.8. The van der Waals surface area contributed by atoms with E-state index >= 15 is 0 Å². The molecule has 1 rings (SSSR count). The number of methoxy groups -OCH3 is 1. The second-order valence-electron chi connectivity index (χ2n) is 2.94. The summed E-state index contributed by atoms with van der Waals surface area (Å²) in [6.45, 7) is 0.179. The summed E-state index contributed by atoms with van der Waals surface area (Å²) >= 11 is 0. The number of esters is 1. The Labute approximate surface area is 88.4 Å². The molecule has 0 bridgehead atoms. The number of aliphatic hydroxyl groups excluding tert-OH is 1. The number of para-hydroxylation sites is 1. The van der Waals surface area contributed by atoms with E-state index in [-0.39, 0.29) is 25.6 Å². The highest BCUT2D eigenvalue weighted by molar-refractivity contribution is 5.69. The lowest BCUT2D eigenvalue weighted by atomic mass is 10.2. The van der Waals surface area contributed by atoms with Gasteiger partial charge in [-0.3, -0.25) is 4.79 Å². The maximum absolute atomic E-state index is 10.8. The smallest absolute Gasteiger partial charge is 0.308 e. The molecule has 0 radical (unpaired) electrons. The number of carbonyl (C=O) groups excluding carboxylic acids is 1. The Kier molecular flexibility index (Phi) is 4.63. The molecule has 0 aliphatic heterocycles. The van der Waals surface area contributed by atoms with Crippen LogP contribution in [0, 0.1) is 0 Å². The molecule has 0 aliphatic rings. The van der Waals surface area contributed by atoms with Gasteiger partial charge < -0.3 is 14.6 Å². The molecule has 0 fully saturated rings. The van der Waals surface area contributed by atoms with Crippen molar-refractivity contribution in [3.8, 4) is 5.75 Å². The second-order valence-corrected chi connectivity index (χ2v) is 2.94. The van der Waals surface area contributed by atoms with Crippen LogP contribution in [-0.2, 0) is 16.1 Å². The molecular weight excluding hydrogens is 196 g/mol. The van der Waals surface area contributed by atoms with Crippen molar-refractivity contribution < 1.29 is 19.4 Å². The number of ether oxygens (including phenoxy) is 2. The van der Waals surface area contributed by atoms with Crippen molar-refractivity contribution in [2.45, 2.75) is 13.0 Å². The molecule has 0 amide bonds. The van der Waals surface area contributed by atoms with Crippen molar-refractivity contribution in [3.05, 3.63) is 29.8 Å². The first-order valence-electron chi connectivity index (χ1n) is 4.66. The van der Waals surface area contributed by atoms with Crippen LogP contribution in [0.15, 0.2) is 24.3 Å². The topological polar surface area (TPSA) is 55.8 Å². The van der Waals surface area contributed by atoms with Gasteiger partial charge in [-0.2, -0.15) is 0 Å². The van der Waals surface area contributed by atoms with E-state index in [2.05, 4.69) is 4.74 Å². The van der Waals surface area contributed by atoms with Crippen LogP contribution in [0.5, 0.6) is 5.75 Å². The zero-order valence-corrected chi connectivity index (χ0v) is 8.60. The minimum absolute atomic E-state index is 0.0750. The third kappa shape index (κ3) is 3.59. The number of carbonyl (C=O) groups is 1. The lowest BCUT2D eigenvalue weighted by Crippen LogP contribution is -2.08. The Bertz CT molecular complexity index is 322. The number of hydrogen-bond donors (Lipinski definition) is 1. The molecule has 0 atom stereocenters. The highest BCUT2D eigenvalue weighted by Crippen LogP contribution is 2.17. The van der Waals surface area contributed by atoms with E-state index in [1.54, 1.807) is 12.1 Å². The van der Waals surface area contributed by atoms with Crippen LogP contribution < -0.4 is 4.74 Å². The molecular formula is C11H14O4. The van der Waals surface area contributed by atoms with Crippen molar-refractivity contribution in [3.63, 3.8) is 0 Å². The number of aliphatic hydroxyl groups is 1. The Balaban J connectivity index is 2.46. The molecule has 1 N–H and O–H groups in total. The molecule has 0 spiro atoms. The first kappa shape index (κ1) is 11.5. The molecule has 82 valence electrons. The van der Waals surface area contributed by atoms with Crippen LogP contribution in [0.2, 0.25) is 0 Å². The summed E-state index contributed by atoms with van der Waals surface area (Å²) < 4.78 is 9.82. The summed E-state index contributed by atoms with van der Waals surface area (Å²) in [5.41, 5.74) is 0.711. The summed E-state index contributed by atoms with van der Waals surface area (Å²) in [5.74, 6) is 0.292. The van der Waals surface area contributed by atoms with Gasteiger partial charge >= 0.3 is 5.97 Å². The second kappa shape index (κ2) is 6.03. The zero-order valence-electron chi connectivity index (χ0n) is 8.60. The monoisotopic (exact) mass is 210 g/mol. The van der Waals surface area contributed by atoms with E-state index in [9.17, 15) is 4.79 Å². The van der Waals surface area contributed by atoms with Crippen molar-refractivity contribution in [2.24, 2.45) is 0 Å².